The fourth-order valence-electron chi connectivity index (χ4n) is 2.69. The van der Waals surface area contributed by atoms with Crippen LogP contribution in [-0.4, -0.2) is 89.5 Å². The second-order valence-corrected chi connectivity index (χ2v) is 7.98. The fraction of sp³-hybridized carbons (Fsp3) is 0.643. The molecule has 0 aliphatic carbocycles. The summed E-state index contributed by atoms with van der Waals surface area (Å²) in [6, 6.07) is 0. The number of hydrogen-bond donors (Lipinski definition) is 1. The summed E-state index contributed by atoms with van der Waals surface area (Å²) in [5.74, 6) is -1.46. The topological polar surface area (TPSA) is 122 Å². The maximum Gasteiger partial charge on any atom is 0.318 e. The standard InChI is InChI=1S/C14H22N4O6S/c1-10-12(8-16(2)15-10)14(21)17-4-5-24-11(6-17)7-18(9-13(19)20)25(3,22)23/h8,11H,4-7,9H2,1-3H3,(H,19,20)/t11-/m1/s1. The Morgan fingerprint density at radius 2 is 2.16 bits per heavy atom. The van der Waals surface area contributed by atoms with Crippen LogP contribution in [0.15, 0.2) is 6.20 Å². The molecule has 1 saturated heterocycles. The molecule has 0 spiro atoms. The number of morpholine rings is 1. The van der Waals surface area contributed by atoms with Gasteiger partial charge in [-0.15, -0.1) is 0 Å². The highest BCUT2D eigenvalue weighted by atomic mass is 32.2. The number of carbonyl (C=O) groups excluding carboxylic acids is 1. The van der Waals surface area contributed by atoms with Gasteiger partial charge in [0.15, 0.2) is 0 Å². The average Bonchev–Trinajstić information content (AvgIpc) is 2.83. The minimum atomic E-state index is -3.70. The lowest BCUT2D eigenvalue weighted by atomic mass is 10.2. The Labute approximate surface area is 146 Å². The normalized spacial score (nSPS) is 18.6. The van der Waals surface area contributed by atoms with E-state index in [0.29, 0.717) is 17.8 Å². The molecule has 1 aliphatic rings. The lowest BCUT2D eigenvalue weighted by Crippen LogP contribution is -2.51. The van der Waals surface area contributed by atoms with Crippen LogP contribution >= 0.6 is 0 Å². The molecular weight excluding hydrogens is 352 g/mol. The summed E-state index contributed by atoms with van der Waals surface area (Å²) in [6.45, 7) is 1.78. The predicted octanol–water partition coefficient (Wildman–Crippen LogP) is -1.08. The molecule has 0 radical (unpaired) electrons. The first-order valence-electron chi connectivity index (χ1n) is 7.66. The number of carbonyl (C=O) groups is 2. The second-order valence-electron chi connectivity index (χ2n) is 6.00. The Hall–Kier alpha value is -1.98. The summed E-state index contributed by atoms with van der Waals surface area (Å²) < 4.78 is 31.4. The summed E-state index contributed by atoms with van der Waals surface area (Å²) in [6.07, 6.45) is 1.99. The quantitative estimate of drug-likeness (QED) is 0.672. The van der Waals surface area contributed by atoms with Gasteiger partial charge in [-0.1, -0.05) is 0 Å². The number of rotatable bonds is 6. The monoisotopic (exact) mass is 374 g/mol. The van der Waals surface area contributed by atoms with Crippen molar-refractivity contribution in [2.24, 2.45) is 7.05 Å². The molecule has 140 valence electrons. The minimum absolute atomic E-state index is 0.124. The van der Waals surface area contributed by atoms with E-state index in [1.54, 1.807) is 29.7 Å². The van der Waals surface area contributed by atoms with E-state index >= 15 is 0 Å². The Morgan fingerprint density at radius 3 is 2.68 bits per heavy atom. The predicted molar refractivity (Wildman–Crippen MR) is 87.6 cm³/mol. The number of nitrogens with zero attached hydrogens (tertiary/aromatic N) is 4. The van der Waals surface area contributed by atoms with E-state index in [2.05, 4.69) is 5.10 Å². The van der Waals surface area contributed by atoms with Crippen molar-refractivity contribution in [2.45, 2.75) is 13.0 Å². The van der Waals surface area contributed by atoms with Gasteiger partial charge in [0.1, 0.15) is 6.54 Å². The van der Waals surface area contributed by atoms with Gasteiger partial charge in [-0.3, -0.25) is 14.3 Å². The highest BCUT2D eigenvalue weighted by Gasteiger charge is 2.31. The molecule has 1 fully saturated rings. The number of amides is 1. The van der Waals surface area contributed by atoms with Crippen molar-refractivity contribution in [1.29, 1.82) is 0 Å². The van der Waals surface area contributed by atoms with E-state index in [9.17, 15) is 18.0 Å². The number of hydrogen-bond acceptors (Lipinski definition) is 6. The van der Waals surface area contributed by atoms with E-state index < -0.39 is 28.6 Å². The van der Waals surface area contributed by atoms with Crippen molar-refractivity contribution in [3.8, 4) is 0 Å². The highest BCUT2D eigenvalue weighted by molar-refractivity contribution is 7.88. The van der Waals surface area contributed by atoms with Gasteiger partial charge in [0.25, 0.3) is 5.91 Å². The van der Waals surface area contributed by atoms with Gasteiger partial charge in [-0.25, -0.2) is 8.42 Å². The molecule has 10 nitrogen and oxygen atoms in total. The number of sulfonamides is 1. The largest absolute Gasteiger partial charge is 0.480 e. The van der Waals surface area contributed by atoms with Gasteiger partial charge < -0.3 is 14.7 Å². The van der Waals surface area contributed by atoms with Crippen molar-refractivity contribution in [3.05, 3.63) is 17.5 Å². The lowest BCUT2D eigenvalue weighted by molar-refractivity contribution is -0.137. The molecule has 0 bridgehead atoms. The Balaban J connectivity index is 2.08. The highest BCUT2D eigenvalue weighted by Crippen LogP contribution is 2.14. The molecule has 0 saturated carbocycles. The zero-order chi connectivity index (χ0) is 18.8. The molecule has 1 atom stereocenters. The van der Waals surface area contributed by atoms with Gasteiger partial charge in [-0.05, 0) is 6.92 Å². The van der Waals surface area contributed by atoms with Crippen molar-refractivity contribution in [1.82, 2.24) is 19.0 Å². The van der Waals surface area contributed by atoms with Crippen molar-refractivity contribution in [2.75, 3.05) is 39.0 Å². The van der Waals surface area contributed by atoms with Gasteiger partial charge in [0.2, 0.25) is 10.0 Å². The Kier molecular flexibility index (Phi) is 5.80. The molecule has 0 unspecified atom stereocenters. The molecule has 2 rings (SSSR count). The third-order valence-corrected chi connectivity index (χ3v) is 5.07. The van der Waals surface area contributed by atoms with Crippen LogP contribution in [0.5, 0.6) is 0 Å². The molecule has 11 heteroatoms. The molecule has 1 N–H and O–H groups in total. The average molecular weight is 374 g/mol. The SMILES string of the molecule is Cc1nn(C)cc1C(=O)N1CCO[C@@H](CN(CC(=O)O)S(C)(=O)=O)C1. The maximum atomic E-state index is 12.6. The van der Waals surface area contributed by atoms with E-state index in [4.69, 9.17) is 9.84 Å². The van der Waals surface area contributed by atoms with Crippen molar-refractivity contribution < 1.29 is 27.9 Å². The van der Waals surface area contributed by atoms with E-state index in [-0.39, 0.29) is 25.6 Å². The second kappa shape index (κ2) is 7.50. The number of aromatic nitrogens is 2. The molecular formula is C14H22N4O6S. The molecule has 0 aromatic carbocycles. The summed E-state index contributed by atoms with van der Waals surface area (Å²) >= 11 is 0. The summed E-state index contributed by atoms with van der Waals surface area (Å²) in [7, 11) is -1.97. The van der Waals surface area contributed by atoms with Gasteiger partial charge >= 0.3 is 5.97 Å². The number of carboxylic acid groups (broad SMARTS) is 1. The molecule has 1 aromatic rings. The third kappa shape index (κ3) is 5.00. The molecule has 2 heterocycles. The smallest absolute Gasteiger partial charge is 0.318 e. The number of ether oxygens (including phenoxy) is 1. The summed E-state index contributed by atoms with van der Waals surface area (Å²) in [5.41, 5.74) is 1.09. The van der Waals surface area contributed by atoms with Crippen LogP contribution in [0.25, 0.3) is 0 Å². The number of carboxylic acids is 1. The van der Waals surface area contributed by atoms with Crippen LogP contribution < -0.4 is 0 Å². The van der Waals surface area contributed by atoms with Gasteiger partial charge in [0, 0.05) is 32.9 Å². The van der Waals surface area contributed by atoms with E-state index in [1.165, 1.54) is 0 Å². The first kappa shape index (κ1) is 19.3. The van der Waals surface area contributed by atoms with Crippen LogP contribution in [0.4, 0.5) is 0 Å². The van der Waals surface area contributed by atoms with Crippen LogP contribution in [0.2, 0.25) is 0 Å². The van der Waals surface area contributed by atoms with Gasteiger partial charge in [-0.2, -0.15) is 9.40 Å². The minimum Gasteiger partial charge on any atom is -0.480 e. The Morgan fingerprint density at radius 1 is 1.48 bits per heavy atom. The molecule has 25 heavy (non-hydrogen) atoms. The Bertz CT molecular complexity index is 759. The zero-order valence-electron chi connectivity index (χ0n) is 14.4. The van der Waals surface area contributed by atoms with Crippen LogP contribution in [0, 0.1) is 6.92 Å². The first-order chi connectivity index (χ1) is 11.6. The van der Waals surface area contributed by atoms with Crippen LogP contribution in [-0.2, 0) is 26.6 Å². The third-order valence-electron chi connectivity index (χ3n) is 3.86. The summed E-state index contributed by atoms with van der Waals surface area (Å²) in [4.78, 5) is 25.1. The number of aliphatic carboxylic acids is 1. The summed E-state index contributed by atoms with van der Waals surface area (Å²) in [5, 5.41) is 13.0. The van der Waals surface area contributed by atoms with E-state index in [0.717, 1.165) is 10.6 Å². The van der Waals surface area contributed by atoms with Gasteiger partial charge in [0.05, 0.1) is 30.2 Å². The lowest BCUT2D eigenvalue weighted by Gasteiger charge is -2.34. The van der Waals surface area contributed by atoms with Crippen LogP contribution in [0.1, 0.15) is 16.1 Å². The molecule has 1 aromatic heterocycles. The maximum absolute atomic E-state index is 12.6. The fourth-order valence-corrected chi connectivity index (χ4v) is 3.47. The first-order valence-corrected chi connectivity index (χ1v) is 9.50. The van der Waals surface area contributed by atoms with Crippen molar-refractivity contribution >= 4 is 21.9 Å². The molecule has 1 aliphatic heterocycles. The van der Waals surface area contributed by atoms with E-state index in [1.807, 2.05) is 0 Å². The van der Waals surface area contributed by atoms with Crippen LogP contribution in [0.3, 0.4) is 0 Å². The number of aryl methyl sites for hydroxylation is 2. The zero-order valence-corrected chi connectivity index (χ0v) is 15.2. The molecule has 1 amide bonds. The van der Waals surface area contributed by atoms with Crippen molar-refractivity contribution in [3.63, 3.8) is 0 Å².